The molecule has 0 atom stereocenters. The molecule has 0 saturated heterocycles. The number of aryl methyl sites for hydroxylation is 1. The standard InChI is InChI=1S/C19H20N2O2/c1-3-21(20-17-7-5-4-6-14(17)2)13-15-8-9-16-10-11-19(22)23-18(16)12-15/h4-12,20H,3,13H2,1-2H3. The number of nitrogens with one attached hydrogen (secondary N) is 1. The monoisotopic (exact) mass is 308 g/mol. The van der Waals surface area contributed by atoms with E-state index in [-0.39, 0.29) is 5.63 Å². The van der Waals surface area contributed by atoms with Gasteiger partial charge in [-0.1, -0.05) is 37.3 Å². The van der Waals surface area contributed by atoms with Crippen LogP contribution in [-0.4, -0.2) is 11.6 Å². The Balaban J connectivity index is 1.81. The third-order valence-corrected chi connectivity index (χ3v) is 3.87. The number of benzene rings is 2. The van der Waals surface area contributed by atoms with Crippen LogP contribution < -0.4 is 11.1 Å². The first-order chi connectivity index (χ1) is 11.2. The lowest BCUT2D eigenvalue weighted by Gasteiger charge is -2.24. The molecule has 0 amide bonds. The van der Waals surface area contributed by atoms with E-state index in [1.807, 2.05) is 24.3 Å². The minimum atomic E-state index is -0.319. The van der Waals surface area contributed by atoms with Gasteiger partial charge >= 0.3 is 5.63 Å². The van der Waals surface area contributed by atoms with Gasteiger partial charge in [0, 0.05) is 24.5 Å². The molecule has 0 aliphatic carbocycles. The largest absolute Gasteiger partial charge is 0.423 e. The Kier molecular flexibility index (Phi) is 4.44. The van der Waals surface area contributed by atoms with Crippen molar-refractivity contribution < 1.29 is 4.42 Å². The molecule has 4 nitrogen and oxygen atoms in total. The number of fused-ring (bicyclic) bond motifs is 1. The maximum Gasteiger partial charge on any atom is 0.336 e. The minimum absolute atomic E-state index is 0.319. The Morgan fingerprint density at radius 2 is 1.87 bits per heavy atom. The van der Waals surface area contributed by atoms with Crippen LogP contribution in [0, 0.1) is 6.92 Å². The second-order valence-electron chi connectivity index (χ2n) is 5.57. The topological polar surface area (TPSA) is 45.5 Å². The molecule has 3 rings (SSSR count). The first kappa shape index (κ1) is 15.3. The van der Waals surface area contributed by atoms with Crippen LogP contribution in [0.25, 0.3) is 11.0 Å². The average Bonchev–Trinajstić information content (AvgIpc) is 2.55. The van der Waals surface area contributed by atoms with E-state index in [1.54, 1.807) is 6.07 Å². The molecular formula is C19H20N2O2. The van der Waals surface area contributed by atoms with Gasteiger partial charge in [-0.15, -0.1) is 0 Å². The van der Waals surface area contributed by atoms with E-state index in [1.165, 1.54) is 11.6 Å². The molecule has 0 bridgehead atoms. The van der Waals surface area contributed by atoms with Crippen molar-refractivity contribution in [1.29, 1.82) is 0 Å². The predicted molar refractivity (Wildman–Crippen MR) is 93.4 cm³/mol. The molecular weight excluding hydrogens is 288 g/mol. The molecule has 0 spiro atoms. The Morgan fingerprint density at radius 3 is 2.65 bits per heavy atom. The second-order valence-corrected chi connectivity index (χ2v) is 5.57. The quantitative estimate of drug-likeness (QED) is 0.572. The first-order valence-electron chi connectivity index (χ1n) is 7.76. The van der Waals surface area contributed by atoms with E-state index in [0.29, 0.717) is 5.58 Å². The van der Waals surface area contributed by atoms with Crippen molar-refractivity contribution >= 4 is 16.7 Å². The van der Waals surface area contributed by atoms with Crippen molar-refractivity contribution in [2.24, 2.45) is 0 Å². The van der Waals surface area contributed by atoms with E-state index in [2.05, 4.69) is 42.5 Å². The second kappa shape index (κ2) is 6.67. The SMILES string of the molecule is CCN(Cc1ccc2ccc(=O)oc2c1)Nc1ccccc1C. The molecule has 1 N–H and O–H groups in total. The van der Waals surface area contributed by atoms with Crippen LogP contribution >= 0.6 is 0 Å². The smallest absolute Gasteiger partial charge is 0.336 e. The van der Waals surface area contributed by atoms with Gasteiger partial charge in [0.1, 0.15) is 5.58 Å². The van der Waals surface area contributed by atoms with Crippen molar-refractivity contribution in [2.75, 3.05) is 12.0 Å². The van der Waals surface area contributed by atoms with Gasteiger partial charge in [0.2, 0.25) is 0 Å². The van der Waals surface area contributed by atoms with E-state index < -0.39 is 0 Å². The fourth-order valence-corrected chi connectivity index (χ4v) is 2.52. The number of hydrogen-bond donors (Lipinski definition) is 1. The number of hydrogen-bond acceptors (Lipinski definition) is 4. The molecule has 1 aromatic heterocycles. The highest BCUT2D eigenvalue weighted by Crippen LogP contribution is 2.18. The van der Waals surface area contributed by atoms with E-state index in [0.717, 1.165) is 29.7 Å². The van der Waals surface area contributed by atoms with Crippen LogP contribution in [0.3, 0.4) is 0 Å². The zero-order chi connectivity index (χ0) is 16.2. The number of nitrogens with zero attached hydrogens (tertiary/aromatic N) is 1. The van der Waals surface area contributed by atoms with Crippen molar-refractivity contribution in [2.45, 2.75) is 20.4 Å². The normalized spacial score (nSPS) is 11.1. The van der Waals surface area contributed by atoms with Crippen LogP contribution in [-0.2, 0) is 6.54 Å². The van der Waals surface area contributed by atoms with E-state index in [4.69, 9.17) is 4.42 Å². The summed E-state index contributed by atoms with van der Waals surface area (Å²) in [5.41, 5.74) is 7.15. The third-order valence-electron chi connectivity index (χ3n) is 3.87. The summed E-state index contributed by atoms with van der Waals surface area (Å²) >= 11 is 0. The lowest BCUT2D eigenvalue weighted by Crippen LogP contribution is -2.29. The molecule has 0 fully saturated rings. The maximum atomic E-state index is 11.4. The average molecular weight is 308 g/mol. The van der Waals surface area contributed by atoms with Gasteiger partial charge in [-0.2, -0.15) is 0 Å². The summed E-state index contributed by atoms with van der Waals surface area (Å²) in [7, 11) is 0. The molecule has 2 aromatic carbocycles. The van der Waals surface area contributed by atoms with Gasteiger partial charge < -0.3 is 9.84 Å². The summed E-state index contributed by atoms with van der Waals surface area (Å²) < 4.78 is 5.26. The van der Waals surface area contributed by atoms with Crippen LogP contribution in [0.2, 0.25) is 0 Å². The molecule has 23 heavy (non-hydrogen) atoms. The van der Waals surface area contributed by atoms with Gasteiger partial charge in [0.15, 0.2) is 0 Å². The predicted octanol–water partition coefficient (Wildman–Crippen LogP) is 3.95. The molecule has 4 heteroatoms. The minimum Gasteiger partial charge on any atom is -0.423 e. The van der Waals surface area contributed by atoms with E-state index in [9.17, 15) is 4.79 Å². The number of hydrazine groups is 1. The van der Waals surface area contributed by atoms with Gasteiger partial charge in [-0.3, -0.25) is 0 Å². The van der Waals surface area contributed by atoms with Gasteiger partial charge in [0.05, 0.1) is 5.69 Å². The molecule has 0 unspecified atom stereocenters. The molecule has 0 saturated carbocycles. The highest BCUT2D eigenvalue weighted by atomic mass is 16.4. The maximum absolute atomic E-state index is 11.4. The molecule has 0 aliphatic heterocycles. The summed E-state index contributed by atoms with van der Waals surface area (Å²) in [6.45, 7) is 5.76. The molecule has 3 aromatic rings. The fraction of sp³-hybridized carbons (Fsp3) is 0.211. The highest BCUT2D eigenvalue weighted by Gasteiger charge is 2.07. The number of rotatable bonds is 5. The molecule has 0 aliphatic rings. The van der Waals surface area contributed by atoms with Crippen molar-refractivity contribution in [3.05, 3.63) is 76.1 Å². The molecule has 118 valence electrons. The lowest BCUT2D eigenvalue weighted by atomic mass is 10.1. The van der Waals surface area contributed by atoms with Crippen molar-refractivity contribution in [3.63, 3.8) is 0 Å². The Hall–Kier alpha value is -2.59. The van der Waals surface area contributed by atoms with Crippen molar-refractivity contribution in [1.82, 2.24) is 5.01 Å². The van der Waals surface area contributed by atoms with Gasteiger partial charge in [-0.05, 0) is 36.2 Å². The molecule has 0 radical (unpaired) electrons. The van der Waals surface area contributed by atoms with Gasteiger partial charge in [-0.25, -0.2) is 9.80 Å². The Labute approximate surface area is 135 Å². The zero-order valence-electron chi connectivity index (χ0n) is 13.4. The summed E-state index contributed by atoms with van der Waals surface area (Å²) in [5, 5.41) is 3.06. The summed E-state index contributed by atoms with van der Waals surface area (Å²) in [4.78, 5) is 11.4. The van der Waals surface area contributed by atoms with Crippen LogP contribution in [0.15, 0.2) is 63.8 Å². The lowest BCUT2D eigenvalue weighted by molar-refractivity contribution is 0.339. The summed E-state index contributed by atoms with van der Waals surface area (Å²) in [6, 6.07) is 17.4. The first-order valence-corrected chi connectivity index (χ1v) is 7.76. The Bertz CT molecular complexity index is 870. The van der Waals surface area contributed by atoms with E-state index >= 15 is 0 Å². The number of para-hydroxylation sites is 1. The summed E-state index contributed by atoms with van der Waals surface area (Å²) in [5.74, 6) is 0. The van der Waals surface area contributed by atoms with Crippen molar-refractivity contribution in [3.8, 4) is 0 Å². The fourth-order valence-electron chi connectivity index (χ4n) is 2.52. The van der Waals surface area contributed by atoms with Crippen LogP contribution in [0.5, 0.6) is 0 Å². The zero-order valence-corrected chi connectivity index (χ0v) is 13.4. The highest BCUT2D eigenvalue weighted by molar-refractivity contribution is 5.76. The number of anilines is 1. The third kappa shape index (κ3) is 3.60. The summed E-state index contributed by atoms with van der Waals surface area (Å²) in [6.07, 6.45) is 0. The molecule has 1 heterocycles. The van der Waals surface area contributed by atoms with Crippen LogP contribution in [0.4, 0.5) is 5.69 Å². The Morgan fingerprint density at radius 1 is 1.09 bits per heavy atom. The van der Waals surface area contributed by atoms with Gasteiger partial charge in [0.25, 0.3) is 0 Å². The van der Waals surface area contributed by atoms with Crippen LogP contribution in [0.1, 0.15) is 18.1 Å².